The van der Waals surface area contributed by atoms with Crippen LogP contribution in [0, 0.1) is 0 Å². The summed E-state index contributed by atoms with van der Waals surface area (Å²) in [5, 5.41) is 0. The van der Waals surface area contributed by atoms with E-state index >= 15 is 0 Å². The van der Waals surface area contributed by atoms with Crippen LogP contribution in [-0.4, -0.2) is 22.6 Å². The summed E-state index contributed by atoms with van der Waals surface area (Å²) in [4.78, 5) is 7.74. The molecule has 0 fully saturated rings. The molecule has 1 unspecified atom stereocenters. The minimum atomic E-state index is 0.0250. The van der Waals surface area contributed by atoms with E-state index in [1.54, 1.807) is 18.6 Å². The van der Waals surface area contributed by atoms with E-state index in [9.17, 15) is 0 Å². The van der Waals surface area contributed by atoms with Crippen molar-refractivity contribution in [2.75, 3.05) is 6.61 Å². The van der Waals surface area contributed by atoms with Crippen molar-refractivity contribution in [2.24, 2.45) is 5.73 Å². The number of ether oxygens (including phenoxy) is 1. The maximum atomic E-state index is 5.47. The van der Waals surface area contributed by atoms with Gasteiger partial charge in [0.25, 0.3) is 0 Å². The van der Waals surface area contributed by atoms with Gasteiger partial charge in [-0.1, -0.05) is 0 Å². The molecule has 0 amide bonds. The van der Waals surface area contributed by atoms with Gasteiger partial charge in [0.2, 0.25) is 5.88 Å². The van der Waals surface area contributed by atoms with E-state index in [1.165, 1.54) is 0 Å². The molecule has 0 bridgehead atoms. The van der Waals surface area contributed by atoms with Gasteiger partial charge in [-0.25, -0.2) is 4.98 Å². The summed E-state index contributed by atoms with van der Waals surface area (Å²) in [6.45, 7) is 2.34. The zero-order valence-electron chi connectivity index (χ0n) is 6.40. The molecule has 0 saturated heterocycles. The minimum Gasteiger partial charge on any atom is -0.475 e. The Morgan fingerprint density at radius 1 is 1.64 bits per heavy atom. The smallest absolute Gasteiger partial charge is 0.232 e. The van der Waals surface area contributed by atoms with E-state index < -0.39 is 0 Å². The third kappa shape index (κ3) is 2.95. The highest BCUT2D eigenvalue weighted by molar-refractivity contribution is 5.00. The third-order valence-corrected chi connectivity index (χ3v) is 1.03. The Morgan fingerprint density at radius 3 is 3.00 bits per heavy atom. The van der Waals surface area contributed by atoms with Crippen molar-refractivity contribution in [3.05, 3.63) is 18.6 Å². The van der Waals surface area contributed by atoms with E-state index in [2.05, 4.69) is 9.97 Å². The van der Waals surface area contributed by atoms with Gasteiger partial charge in [-0.15, -0.1) is 0 Å². The van der Waals surface area contributed by atoms with Crippen molar-refractivity contribution >= 4 is 0 Å². The number of nitrogens with two attached hydrogens (primary N) is 1. The molecule has 11 heavy (non-hydrogen) atoms. The zero-order valence-corrected chi connectivity index (χ0v) is 6.40. The fraction of sp³-hybridized carbons (Fsp3) is 0.429. The maximum Gasteiger partial charge on any atom is 0.232 e. The zero-order chi connectivity index (χ0) is 8.10. The summed E-state index contributed by atoms with van der Waals surface area (Å²) in [5.74, 6) is 0.518. The molecule has 4 heteroatoms. The molecule has 2 N–H and O–H groups in total. The first-order valence-electron chi connectivity index (χ1n) is 3.43. The van der Waals surface area contributed by atoms with Gasteiger partial charge in [-0.05, 0) is 6.92 Å². The fourth-order valence-corrected chi connectivity index (χ4v) is 0.577. The largest absolute Gasteiger partial charge is 0.475 e. The molecule has 0 aliphatic carbocycles. The van der Waals surface area contributed by atoms with Gasteiger partial charge in [0, 0.05) is 18.4 Å². The highest BCUT2D eigenvalue weighted by atomic mass is 16.5. The van der Waals surface area contributed by atoms with Crippen LogP contribution in [-0.2, 0) is 0 Å². The van der Waals surface area contributed by atoms with E-state index in [0.717, 1.165) is 0 Å². The van der Waals surface area contributed by atoms with E-state index in [0.29, 0.717) is 12.5 Å². The summed E-state index contributed by atoms with van der Waals surface area (Å²) in [6.07, 6.45) is 4.73. The summed E-state index contributed by atoms with van der Waals surface area (Å²) < 4.78 is 5.17. The number of nitrogens with zero attached hydrogens (tertiary/aromatic N) is 2. The molecule has 1 aromatic rings. The molecule has 1 aromatic heterocycles. The van der Waals surface area contributed by atoms with Crippen LogP contribution in [0.1, 0.15) is 6.92 Å². The molecule has 1 atom stereocenters. The van der Waals surface area contributed by atoms with E-state index in [4.69, 9.17) is 10.5 Å². The normalized spacial score (nSPS) is 12.5. The average molecular weight is 153 g/mol. The van der Waals surface area contributed by atoms with Gasteiger partial charge >= 0.3 is 0 Å². The van der Waals surface area contributed by atoms with Crippen LogP contribution < -0.4 is 10.5 Å². The quantitative estimate of drug-likeness (QED) is 0.674. The van der Waals surface area contributed by atoms with E-state index in [-0.39, 0.29) is 6.04 Å². The second-order valence-electron chi connectivity index (χ2n) is 2.33. The molecule has 1 rings (SSSR count). The first-order valence-corrected chi connectivity index (χ1v) is 3.43. The number of aromatic nitrogens is 2. The Morgan fingerprint density at radius 2 is 2.45 bits per heavy atom. The predicted molar refractivity (Wildman–Crippen MR) is 41.2 cm³/mol. The average Bonchev–Trinajstić information content (AvgIpc) is 2.03. The summed E-state index contributed by atoms with van der Waals surface area (Å²) in [6, 6.07) is 0.0250. The fourth-order valence-electron chi connectivity index (χ4n) is 0.577. The topological polar surface area (TPSA) is 61.0 Å². The van der Waals surface area contributed by atoms with Crippen molar-refractivity contribution in [2.45, 2.75) is 13.0 Å². The Kier molecular flexibility index (Phi) is 2.80. The second kappa shape index (κ2) is 3.88. The Labute approximate surface area is 65.4 Å². The molecule has 1 heterocycles. The lowest BCUT2D eigenvalue weighted by atomic mass is 10.4. The van der Waals surface area contributed by atoms with Crippen LogP contribution >= 0.6 is 0 Å². The van der Waals surface area contributed by atoms with Crippen molar-refractivity contribution < 1.29 is 4.74 Å². The van der Waals surface area contributed by atoms with Gasteiger partial charge in [0.15, 0.2) is 0 Å². The maximum absolute atomic E-state index is 5.47. The van der Waals surface area contributed by atoms with Crippen molar-refractivity contribution in [1.29, 1.82) is 0 Å². The van der Waals surface area contributed by atoms with Crippen molar-refractivity contribution in [3.8, 4) is 5.88 Å². The van der Waals surface area contributed by atoms with Gasteiger partial charge in [0.1, 0.15) is 6.61 Å². The summed E-state index contributed by atoms with van der Waals surface area (Å²) >= 11 is 0. The van der Waals surface area contributed by atoms with E-state index in [1.807, 2.05) is 6.92 Å². The monoisotopic (exact) mass is 153 g/mol. The molecule has 4 nitrogen and oxygen atoms in total. The van der Waals surface area contributed by atoms with Crippen LogP contribution in [0.3, 0.4) is 0 Å². The molecule has 60 valence electrons. The summed E-state index contributed by atoms with van der Waals surface area (Å²) in [5.41, 5.74) is 5.47. The highest BCUT2D eigenvalue weighted by Crippen LogP contribution is 1.99. The first-order chi connectivity index (χ1) is 5.29. The Balaban J connectivity index is 2.39. The minimum absolute atomic E-state index is 0.0250. The SMILES string of the molecule is CC(N)COc1cnccn1. The van der Waals surface area contributed by atoms with Crippen LogP contribution in [0.15, 0.2) is 18.6 Å². The molecule has 0 aliphatic rings. The molecule has 0 radical (unpaired) electrons. The highest BCUT2D eigenvalue weighted by Gasteiger charge is 1.96. The number of hydrogen-bond acceptors (Lipinski definition) is 4. The first kappa shape index (κ1) is 7.94. The van der Waals surface area contributed by atoms with Crippen LogP contribution in [0.4, 0.5) is 0 Å². The van der Waals surface area contributed by atoms with Gasteiger partial charge in [0.05, 0.1) is 6.20 Å². The van der Waals surface area contributed by atoms with Gasteiger partial charge in [-0.2, -0.15) is 0 Å². The van der Waals surface area contributed by atoms with Crippen LogP contribution in [0.5, 0.6) is 5.88 Å². The lowest BCUT2D eigenvalue weighted by Gasteiger charge is -2.05. The van der Waals surface area contributed by atoms with Crippen molar-refractivity contribution in [3.63, 3.8) is 0 Å². The Bertz CT molecular complexity index is 200. The van der Waals surface area contributed by atoms with Crippen LogP contribution in [0.25, 0.3) is 0 Å². The second-order valence-corrected chi connectivity index (χ2v) is 2.33. The molecule has 0 spiro atoms. The lowest BCUT2D eigenvalue weighted by molar-refractivity contribution is 0.284. The van der Waals surface area contributed by atoms with Gasteiger partial charge < -0.3 is 10.5 Å². The van der Waals surface area contributed by atoms with Crippen molar-refractivity contribution in [1.82, 2.24) is 9.97 Å². The Hall–Kier alpha value is -1.16. The standard InChI is InChI=1S/C7H11N3O/c1-6(8)5-11-7-4-9-2-3-10-7/h2-4,6H,5,8H2,1H3. The molecular formula is C7H11N3O. The molecule has 0 aliphatic heterocycles. The molecular weight excluding hydrogens is 142 g/mol. The van der Waals surface area contributed by atoms with Crippen LogP contribution in [0.2, 0.25) is 0 Å². The predicted octanol–water partition coefficient (Wildman–Crippen LogP) is 0.203. The third-order valence-electron chi connectivity index (χ3n) is 1.03. The summed E-state index contributed by atoms with van der Waals surface area (Å²) in [7, 11) is 0. The number of rotatable bonds is 3. The molecule has 0 saturated carbocycles. The van der Waals surface area contributed by atoms with Gasteiger partial charge in [-0.3, -0.25) is 4.98 Å². The lowest BCUT2D eigenvalue weighted by Crippen LogP contribution is -2.23. The number of hydrogen-bond donors (Lipinski definition) is 1. The molecule has 0 aromatic carbocycles.